The highest BCUT2D eigenvalue weighted by Gasteiger charge is 2.42. The number of benzene rings is 3. The standard InChI is InChI=1S/C26H22N2O3/c1-31-21-9-7-17-13-20(8-6-18(17)14-21)28-24-4-2-3-22(24)23-12-16(5-10-25(23)28)11-19(15-27)26(29)30/h5-14,22,24H,2-4H2,1H3,(H,29,30)/b19-11+. The first kappa shape index (κ1) is 19.2. The Morgan fingerprint density at radius 3 is 2.71 bits per heavy atom. The van der Waals surface area contributed by atoms with Crippen LogP contribution in [0.4, 0.5) is 11.4 Å². The molecule has 5 nitrogen and oxygen atoms in total. The topological polar surface area (TPSA) is 73.6 Å². The summed E-state index contributed by atoms with van der Waals surface area (Å²) in [5, 5.41) is 20.6. The molecule has 1 aliphatic carbocycles. The fraction of sp³-hybridized carbons (Fsp3) is 0.231. The molecule has 1 fully saturated rings. The van der Waals surface area contributed by atoms with Gasteiger partial charge < -0.3 is 14.7 Å². The van der Waals surface area contributed by atoms with Gasteiger partial charge in [-0.2, -0.15) is 5.26 Å². The SMILES string of the molecule is COc1ccc2cc(N3c4ccc(/C=C(\C#N)C(=O)O)cc4C4CCCC43)ccc2c1. The fourth-order valence-corrected chi connectivity index (χ4v) is 5.10. The number of anilines is 2. The second-order valence-corrected chi connectivity index (χ2v) is 8.17. The number of ether oxygens (including phenoxy) is 1. The first-order valence-electron chi connectivity index (χ1n) is 10.4. The summed E-state index contributed by atoms with van der Waals surface area (Å²) in [5.74, 6) is 0.0720. The molecule has 3 aromatic rings. The van der Waals surface area contributed by atoms with Gasteiger partial charge in [0.2, 0.25) is 0 Å². The lowest BCUT2D eigenvalue weighted by atomic mass is 9.95. The molecule has 5 rings (SSSR count). The Balaban J connectivity index is 1.58. The van der Waals surface area contributed by atoms with E-state index >= 15 is 0 Å². The van der Waals surface area contributed by atoms with Crippen LogP contribution in [0.25, 0.3) is 16.8 Å². The Morgan fingerprint density at radius 1 is 1.13 bits per heavy atom. The summed E-state index contributed by atoms with van der Waals surface area (Å²) in [7, 11) is 1.68. The van der Waals surface area contributed by atoms with Crippen LogP contribution in [0.5, 0.6) is 5.75 Å². The summed E-state index contributed by atoms with van der Waals surface area (Å²) in [6.07, 6.45) is 4.88. The third kappa shape index (κ3) is 3.21. The van der Waals surface area contributed by atoms with Crippen molar-refractivity contribution in [2.75, 3.05) is 12.0 Å². The number of carboxylic acids is 1. The van der Waals surface area contributed by atoms with Crippen LogP contribution in [0.1, 0.15) is 36.3 Å². The van der Waals surface area contributed by atoms with Crippen LogP contribution in [0, 0.1) is 11.3 Å². The zero-order valence-electron chi connectivity index (χ0n) is 17.2. The predicted molar refractivity (Wildman–Crippen MR) is 121 cm³/mol. The summed E-state index contributed by atoms with van der Waals surface area (Å²) in [6, 6.07) is 20.8. The maximum Gasteiger partial charge on any atom is 0.346 e. The number of hydrogen-bond donors (Lipinski definition) is 1. The van der Waals surface area contributed by atoms with Gasteiger partial charge in [-0.3, -0.25) is 0 Å². The van der Waals surface area contributed by atoms with Crippen molar-refractivity contribution in [3.8, 4) is 11.8 Å². The van der Waals surface area contributed by atoms with Crippen molar-refractivity contribution < 1.29 is 14.6 Å². The van der Waals surface area contributed by atoms with Crippen LogP contribution >= 0.6 is 0 Å². The van der Waals surface area contributed by atoms with Crippen molar-refractivity contribution in [2.24, 2.45) is 0 Å². The van der Waals surface area contributed by atoms with E-state index in [-0.39, 0.29) is 5.57 Å². The molecule has 0 radical (unpaired) electrons. The number of fused-ring (bicyclic) bond motifs is 4. The third-order valence-corrected chi connectivity index (χ3v) is 6.49. The Kier molecular flexibility index (Phi) is 4.63. The van der Waals surface area contributed by atoms with Crippen LogP contribution in [0.3, 0.4) is 0 Å². The van der Waals surface area contributed by atoms with Crippen molar-refractivity contribution in [1.29, 1.82) is 5.26 Å². The minimum atomic E-state index is -1.20. The molecule has 1 saturated carbocycles. The highest BCUT2D eigenvalue weighted by atomic mass is 16.5. The van der Waals surface area contributed by atoms with Crippen LogP contribution in [-0.2, 0) is 4.79 Å². The van der Waals surface area contributed by atoms with Crippen LogP contribution < -0.4 is 9.64 Å². The first-order chi connectivity index (χ1) is 15.1. The fourth-order valence-electron chi connectivity index (χ4n) is 5.10. The molecule has 1 heterocycles. The lowest BCUT2D eigenvalue weighted by Gasteiger charge is -2.27. The molecule has 31 heavy (non-hydrogen) atoms. The van der Waals surface area contributed by atoms with Crippen molar-refractivity contribution in [3.63, 3.8) is 0 Å². The van der Waals surface area contributed by atoms with Crippen molar-refractivity contribution in [2.45, 2.75) is 31.2 Å². The summed E-state index contributed by atoms with van der Waals surface area (Å²) in [6.45, 7) is 0. The maximum absolute atomic E-state index is 11.2. The summed E-state index contributed by atoms with van der Waals surface area (Å²) in [5.41, 5.74) is 4.10. The van der Waals surface area contributed by atoms with E-state index in [1.54, 1.807) is 13.2 Å². The van der Waals surface area contributed by atoms with Gasteiger partial charge in [-0.25, -0.2) is 4.79 Å². The molecule has 0 bridgehead atoms. The van der Waals surface area contributed by atoms with E-state index in [0.717, 1.165) is 29.5 Å². The van der Waals surface area contributed by atoms with Crippen LogP contribution in [0.2, 0.25) is 0 Å². The molecule has 0 spiro atoms. The van der Waals surface area contributed by atoms with Gasteiger partial charge in [-0.05, 0) is 77.2 Å². The number of carbonyl (C=O) groups is 1. The van der Waals surface area contributed by atoms with Gasteiger partial charge in [0.25, 0.3) is 0 Å². The van der Waals surface area contributed by atoms with E-state index in [1.807, 2.05) is 18.2 Å². The summed E-state index contributed by atoms with van der Waals surface area (Å²) >= 11 is 0. The molecule has 5 heteroatoms. The van der Waals surface area contributed by atoms with E-state index in [4.69, 9.17) is 10.00 Å². The number of carboxylic acid groups (broad SMARTS) is 1. The highest BCUT2D eigenvalue weighted by molar-refractivity contribution is 5.96. The van der Waals surface area contributed by atoms with Gasteiger partial charge in [0.15, 0.2) is 0 Å². The number of rotatable bonds is 4. The van der Waals surface area contributed by atoms with Gasteiger partial charge in [0.05, 0.1) is 7.11 Å². The smallest absolute Gasteiger partial charge is 0.346 e. The normalized spacial score (nSPS) is 19.7. The second kappa shape index (κ2) is 7.48. The number of hydrogen-bond acceptors (Lipinski definition) is 4. The maximum atomic E-state index is 11.2. The van der Waals surface area contributed by atoms with Crippen molar-refractivity contribution >= 4 is 34.2 Å². The number of aliphatic carboxylic acids is 1. The molecular weight excluding hydrogens is 388 g/mol. The lowest BCUT2D eigenvalue weighted by molar-refractivity contribution is -0.132. The van der Waals surface area contributed by atoms with E-state index < -0.39 is 5.97 Å². The molecule has 2 aliphatic rings. The second-order valence-electron chi connectivity index (χ2n) is 8.17. The lowest BCUT2D eigenvalue weighted by Crippen LogP contribution is -2.26. The van der Waals surface area contributed by atoms with E-state index in [0.29, 0.717) is 12.0 Å². The summed E-state index contributed by atoms with van der Waals surface area (Å²) in [4.78, 5) is 13.7. The Hall–Kier alpha value is -3.78. The Labute approximate surface area is 180 Å². The third-order valence-electron chi connectivity index (χ3n) is 6.49. The van der Waals surface area contributed by atoms with Crippen LogP contribution in [0.15, 0.2) is 60.2 Å². The first-order valence-corrected chi connectivity index (χ1v) is 10.4. The number of nitriles is 1. The van der Waals surface area contributed by atoms with Crippen molar-refractivity contribution in [3.05, 3.63) is 71.3 Å². The molecule has 0 saturated heterocycles. The monoisotopic (exact) mass is 410 g/mol. The zero-order valence-corrected chi connectivity index (χ0v) is 17.2. The van der Waals surface area contributed by atoms with E-state index in [2.05, 4.69) is 41.3 Å². The average molecular weight is 410 g/mol. The number of methoxy groups -OCH3 is 1. The average Bonchev–Trinajstić information content (AvgIpc) is 3.37. The van der Waals surface area contributed by atoms with Gasteiger partial charge in [0, 0.05) is 23.3 Å². The van der Waals surface area contributed by atoms with Crippen molar-refractivity contribution in [1.82, 2.24) is 0 Å². The quantitative estimate of drug-likeness (QED) is 0.446. The predicted octanol–water partition coefficient (Wildman–Crippen LogP) is 5.63. The molecule has 3 aromatic carbocycles. The van der Waals surface area contributed by atoms with Gasteiger partial charge in [0.1, 0.15) is 17.4 Å². The van der Waals surface area contributed by atoms with Crippen LogP contribution in [-0.4, -0.2) is 24.2 Å². The van der Waals surface area contributed by atoms with Gasteiger partial charge >= 0.3 is 5.97 Å². The molecule has 2 unspecified atom stereocenters. The minimum absolute atomic E-state index is 0.247. The molecule has 1 aliphatic heterocycles. The van der Waals surface area contributed by atoms with Gasteiger partial charge in [-0.1, -0.05) is 24.6 Å². The summed E-state index contributed by atoms with van der Waals surface area (Å²) < 4.78 is 5.35. The Morgan fingerprint density at radius 2 is 1.94 bits per heavy atom. The molecule has 2 atom stereocenters. The highest BCUT2D eigenvalue weighted by Crippen LogP contribution is 2.52. The molecular formula is C26H22N2O3. The molecule has 1 N–H and O–H groups in total. The molecule has 0 aromatic heterocycles. The minimum Gasteiger partial charge on any atom is -0.497 e. The Bertz CT molecular complexity index is 1270. The zero-order chi connectivity index (χ0) is 21.5. The largest absolute Gasteiger partial charge is 0.497 e. The molecule has 0 amide bonds. The van der Waals surface area contributed by atoms with E-state index in [9.17, 15) is 9.90 Å². The van der Waals surface area contributed by atoms with Gasteiger partial charge in [-0.15, -0.1) is 0 Å². The molecule has 154 valence electrons. The van der Waals surface area contributed by atoms with E-state index in [1.165, 1.54) is 34.8 Å². The number of nitrogens with zero attached hydrogens (tertiary/aromatic N) is 2.